The van der Waals surface area contributed by atoms with Gasteiger partial charge in [-0.1, -0.05) is 6.07 Å². The number of hydrogen-bond donors (Lipinski definition) is 0. The fraction of sp³-hybridized carbons (Fsp3) is 0.545. The highest BCUT2D eigenvalue weighted by Gasteiger charge is 2.30. The fourth-order valence-corrected chi connectivity index (χ4v) is 2.08. The first kappa shape index (κ1) is 8.24. The van der Waals surface area contributed by atoms with Crippen LogP contribution in [0.1, 0.15) is 24.5 Å². The topological polar surface area (TPSA) is 28.7 Å². The third kappa shape index (κ3) is 1.38. The van der Waals surface area contributed by atoms with Gasteiger partial charge in [0.05, 0.1) is 6.61 Å². The van der Waals surface area contributed by atoms with Crippen LogP contribution in [-0.2, 0) is 4.74 Å². The molecular formula is C11H14N2O. The van der Waals surface area contributed by atoms with Crippen molar-refractivity contribution in [3.05, 3.63) is 23.9 Å². The molecule has 0 saturated carbocycles. The summed E-state index contributed by atoms with van der Waals surface area (Å²) in [7, 11) is 0. The van der Waals surface area contributed by atoms with Gasteiger partial charge in [-0.2, -0.15) is 0 Å². The highest BCUT2D eigenvalue weighted by Crippen LogP contribution is 2.36. The summed E-state index contributed by atoms with van der Waals surface area (Å²) in [6, 6.07) is 4.13. The van der Waals surface area contributed by atoms with E-state index in [0.717, 1.165) is 25.5 Å². The molecule has 74 valence electrons. The highest BCUT2D eigenvalue weighted by molar-refractivity contribution is 5.49. The molecule has 2 aliphatic rings. The molecule has 3 heteroatoms. The Kier molecular flexibility index (Phi) is 1.91. The van der Waals surface area contributed by atoms with E-state index in [1.165, 1.54) is 18.4 Å². The lowest BCUT2D eigenvalue weighted by Gasteiger charge is -2.18. The molecule has 3 nitrogen and oxygen atoms in total. The number of epoxide rings is 1. The second-order valence-corrected chi connectivity index (χ2v) is 3.93. The zero-order valence-electron chi connectivity index (χ0n) is 8.15. The van der Waals surface area contributed by atoms with Crippen LogP contribution in [0.2, 0.25) is 0 Å². The van der Waals surface area contributed by atoms with Crippen LogP contribution in [0.25, 0.3) is 0 Å². The first-order chi connectivity index (χ1) is 6.95. The molecule has 0 radical (unpaired) electrons. The molecule has 0 spiro atoms. The average Bonchev–Trinajstić information content (AvgIpc) is 2.94. The Labute approximate surface area is 83.7 Å². The summed E-state index contributed by atoms with van der Waals surface area (Å²) in [6.07, 6.45) is 4.78. The normalized spacial score (nSPS) is 25.4. The molecule has 3 heterocycles. The second kappa shape index (κ2) is 3.24. The summed E-state index contributed by atoms with van der Waals surface area (Å²) in [4.78, 5) is 6.84. The minimum Gasteiger partial charge on any atom is -0.368 e. The van der Waals surface area contributed by atoms with Crippen LogP contribution < -0.4 is 4.90 Å². The third-order valence-corrected chi connectivity index (χ3v) is 2.90. The number of nitrogens with zero attached hydrogens (tertiary/aromatic N) is 2. The molecule has 2 aliphatic heterocycles. The summed E-state index contributed by atoms with van der Waals surface area (Å²) in [5.74, 6) is 1.15. The molecule has 1 aromatic rings. The van der Waals surface area contributed by atoms with Crippen LogP contribution >= 0.6 is 0 Å². The molecular weight excluding hydrogens is 176 g/mol. The van der Waals surface area contributed by atoms with E-state index in [-0.39, 0.29) is 0 Å². The lowest BCUT2D eigenvalue weighted by atomic mass is 10.2. The summed E-state index contributed by atoms with van der Waals surface area (Å²) in [5.41, 5.74) is 1.27. The molecule has 0 bridgehead atoms. The summed E-state index contributed by atoms with van der Waals surface area (Å²) in [6.45, 7) is 3.17. The molecule has 14 heavy (non-hydrogen) atoms. The molecule has 0 amide bonds. The van der Waals surface area contributed by atoms with Crippen molar-refractivity contribution in [1.29, 1.82) is 0 Å². The van der Waals surface area contributed by atoms with Crippen molar-refractivity contribution in [1.82, 2.24) is 4.98 Å². The first-order valence-electron chi connectivity index (χ1n) is 5.26. The maximum atomic E-state index is 5.33. The molecule has 0 aliphatic carbocycles. The lowest BCUT2D eigenvalue weighted by Crippen LogP contribution is -2.20. The van der Waals surface area contributed by atoms with Gasteiger partial charge in [-0.3, -0.25) is 0 Å². The van der Waals surface area contributed by atoms with Crippen LogP contribution in [0.5, 0.6) is 0 Å². The lowest BCUT2D eigenvalue weighted by molar-refractivity contribution is 0.415. The third-order valence-electron chi connectivity index (χ3n) is 2.90. The largest absolute Gasteiger partial charge is 0.368 e. The van der Waals surface area contributed by atoms with Gasteiger partial charge >= 0.3 is 0 Å². The molecule has 0 aromatic carbocycles. The first-order valence-corrected chi connectivity index (χ1v) is 5.26. The van der Waals surface area contributed by atoms with Gasteiger partial charge in [0.2, 0.25) is 0 Å². The Morgan fingerprint density at radius 1 is 1.36 bits per heavy atom. The molecule has 2 saturated heterocycles. The Hall–Kier alpha value is -1.09. The second-order valence-electron chi connectivity index (χ2n) is 3.93. The van der Waals surface area contributed by atoms with Crippen LogP contribution in [0.15, 0.2) is 18.3 Å². The van der Waals surface area contributed by atoms with Gasteiger partial charge in [-0.15, -0.1) is 0 Å². The number of anilines is 1. The van der Waals surface area contributed by atoms with Crippen molar-refractivity contribution in [3.8, 4) is 0 Å². The smallest absolute Gasteiger partial charge is 0.134 e. The maximum absolute atomic E-state index is 5.33. The van der Waals surface area contributed by atoms with Crippen LogP contribution in [0.3, 0.4) is 0 Å². The van der Waals surface area contributed by atoms with Crippen molar-refractivity contribution in [2.24, 2.45) is 0 Å². The van der Waals surface area contributed by atoms with E-state index in [1.54, 1.807) is 0 Å². The molecule has 2 fully saturated rings. The molecule has 1 unspecified atom stereocenters. The van der Waals surface area contributed by atoms with Crippen LogP contribution in [0, 0.1) is 0 Å². The summed E-state index contributed by atoms with van der Waals surface area (Å²) >= 11 is 0. The maximum Gasteiger partial charge on any atom is 0.134 e. The zero-order chi connectivity index (χ0) is 9.38. The zero-order valence-corrected chi connectivity index (χ0v) is 8.15. The Bertz CT molecular complexity index is 330. The number of aromatic nitrogens is 1. The Balaban J connectivity index is 1.94. The van der Waals surface area contributed by atoms with E-state index in [0.29, 0.717) is 6.10 Å². The van der Waals surface area contributed by atoms with Gasteiger partial charge in [-0.25, -0.2) is 4.98 Å². The predicted octanol–water partition coefficient (Wildman–Crippen LogP) is 1.75. The van der Waals surface area contributed by atoms with Crippen molar-refractivity contribution in [2.75, 3.05) is 24.6 Å². The number of rotatable bonds is 2. The fourth-order valence-electron chi connectivity index (χ4n) is 2.08. The minimum absolute atomic E-state index is 0.319. The number of hydrogen-bond acceptors (Lipinski definition) is 3. The number of pyridine rings is 1. The minimum atomic E-state index is 0.319. The van der Waals surface area contributed by atoms with E-state index in [4.69, 9.17) is 4.74 Å². The van der Waals surface area contributed by atoms with E-state index in [9.17, 15) is 0 Å². The monoisotopic (exact) mass is 190 g/mol. The van der Waals surface area contributed by atoms with Crippen molar-refractivity contribution in [3.63, 3.8) is 0 Å². The summed E-state index contributed by atoms with van der Waals surface area (Å²) < 4.78 is 5.33. The molecule has 1 aromatic heterocycles. The SMILES string of the molecule is c1cnc(N2CCCC2)c(C2CO2)c1. The Morgan fingerprint density at radius 2 is 2.14 bits per heavy atom. The number of ether oxygens (including phenoxy) is 1. The average molecular weight is 190 g/mol. The van der Waals surface area contributed by atoms with Gasteiger partial charge < -0.3 is 9.64 Å². The van der Waals surface area contributed by atoms with Gasteiger partial charge in [0.25, 0.3) is 0 Å². The van der Waals surface area contributed by atoms with E-state index in [1.807, 2.05) is 12.3 Å². The summed E-state index contributed by atoms with van der Waals surface area (Å²) in [5, 5.41) is 0. The van der Waals surface area contributed by atoms with E-state index in [2.05, 4.69) is 16.0 Å². The molecule has 0 N–H and O–H groups in total. The van der Waals surface area contributed by atoms with Crippen molar-refractivity contribution < 1.29 is 4.74 Å². The van der Waals surface area contributed by atoms with Gasteiger partial charge in [0.1, 0.15) is 11.9 Å². The van der Waals surface area contributed by atoms with Crippen LogP contribution in [0.4, 0.5) is 5.82 Å². The quantitative estimate of drug-likeness (QED) is 0.665. The van der Waals surface area contributed by atoms with Crippen molar-refractivity contribution in [2.45, 2.75) is 18.9 Å². The molecule has 1 atom stereocenters. The standard InChI is InChI=1S/C11H14N2O/c1-2-7-13(6-1)11-9(10-8-14-10)4-3-5-12-11/h3-5,10H,1-2,6-8H2. The van der Waals surface area contributed by atoms with Crippen LogP contribution in [-0.4, -0.2) is 24.7 Å². The highest BCUT2D eigenvalue weighted by atomic mass is 16.6. The van der Waals surface area contributed by atoms with Gasteiger partial charge in [0, 0.05) is 24.8 Å². The predicted molar refractivity (Wildman–Crippen MR) is 54.4 cm³/mol. The van der Waals surface area contributed by atoms with Gasteiger partial charge in [0.15, 0.2) is 0 Å². The van der Waals surface area contributed by atoms with Gasteiger partial charge in [-0.05, 0) is 18.9 Å². The van der Waals surface area contributed by atoms with E-state index < -0.39 is 0 Å². The van der Waals surface area contributed by atoms with E-state index >= 15 is 0 Å². The van der Waals surface area contributed by atoms with Crippen molar-refractivity contribution >= 4 is 5.82 Å². The molecule has 3 rings (SSSR count). The Morgan fingerprint density at radius 3 is 2.86 bits per heavy atom.